The Bertz CT molecular complexity index is 690. The van der Waals surface area contributed by atoms with Gasteiger partial charge < -0.3 is 19.6 Å². The number of thioether (sulfide) groups is 1. The molecule has 0 spiro atoms. The molecule has 1 aliphatic heterocycles. The summed E-state index contributed by atoms with van der Waals surface area (Å²) in [6, 6.07) is 16.5. The lowest BCUT2D eigenvalue weighted by molar-refractivity contribution is 0.177. The Hall–Kier alpha value is -1.69. The van der Waals surface area contributed by atoms with Gasteiger partial charge in [0.15, 0.2) is 0 Å². The lowest BCUT2D eigenvalue weighted by Crippen LogP contribution is -2.37. The number of fused-ring (bicyclic) bond motifs is 1. The highest BCUT2D eigenvalue weighted by molar-refractivity contribution is 7.99. The summed E-state index contributed by atoms with van der Waals surface area (Å²) in [5, 5.41) is 10.9. The number of hydrogen-bond donors (Lipinski definition) is 1. The second-order valence-electron chi connectivity index (χ2n) is 6.60. The molecule has 0 radical (unpaired) electrons. The van der Waals surface area contributed by atoms with E-state index in [2.05, 4.69) is 60.3 Å². The summed E-state index contributed by atoms with van der Waals surface area (Å²) in [5.41, 5.74) is 2.34. The molecule has 0 saturated carbocycles. The molecule has 0 bridgehead atoms. The maximum atomic E-state index is 10.9. The van der Waals surface area contributed by atoms with Crippen LogP contribution < -0.4 is 9.64 Å². The van der Waals surface area contributed by atoms with Crippen molar-refractivity contribution in [2.45, 2.75) is 16.2 Å². The zero-order valence-electron chi connectivity index (χ0n) is 15.1. The topological polar surface area (TPSA) is 35.9 Å². The zero-order valence-corrected chi connectivity index (χ0v) is 15.9. The molecular weight excluding hydrogens is 332 g/mol. The third-order valence-corrected chi connectivity index (χ3v) is 5.92. The van der Waals surface area contributed by atoms with Gasteiger partial charge in [-0.05, 0) is 43.9 Å². The minimum Gasteiger partial charge on any atom is -0.497 e. The molecule has 1 heterocycles. The van der Waals surface area contributed by atoms with Crippen molar-refractivity contribution in [1.82, 2.24) is 4.90 Å². The molecule has 2 atom stereocenters. The van der Waals surface area contributed by atoms with Crippen LogP contribution in [0.25, 0.3) is 0 Å². The molecule has 4 nitrogen and oxygen atoms in total. The number of rotatable bonds is 5. The first-order valence-electron chi connectivity index (χ1n) is 8.56. The van der Waals surface area contributed by atoms with Crippen molar-refractivity contribution in [3.8, 4) is 5.75 Å². The van der Waals surface area contributed by atoms with E-state index in [9.17, 15) is 5.11 Å². The van der Waals surface area contributed by atoms with Gasteiger partial charge in [-0.15, -0.1) is 11.8 Å². The van der Waals surface area contributed by atoms with E-state index in [1.807, 2.05) is 12.1 Å². The van der Waals surface area contributed by atoms with Gasteiger partial charge in [0.1, 0.15) is 5.75 Å². The number of aliphatic hydroxyl groups excluding tert-OH is 1. The molecule has 2 aromatic rings. The van der Waals surface area contributed by atoms with Gasteiger partial charge in [0.2, 0.25) is 0 Å². The number of nitrogens with zero attached hydrogens (tertiary/aromatic N) is 2. The van der Waals surface area contributed by atoms with E-state index in [0.29, 0.717) is 6.54 Å². The smallest absolute Gasteiger partial charge is 0.118 e. The van der Waals surface area contributed by atoms with Crippen LogP contribution in [0.3, 0.4) is 0 Å². The highest BCUT2D eigenvalue weighted by atomic mass is 32.2. The molecule has 0 aromatic heterocycles. The quantitative estimate of drug-likeness (QED) is 0.888. The van der Waals surface area contributed by atoms with E-state index in [4.69, 9.17) is 4.74 Å². The van der Waals surface area contributed by atoms with E-state index >= 15 is 0 Å². The van der Waals surface area contributed by atoms with Gasteiger partial charge in [-0.25, -0.2) is 0 Å². The van der Waals surface area contributed by atoms with Gasteiger partial charge in [0, 0.05) is 24.5 Å². The van der Waals surface area contributed by atoms with Gasteiger partial charge in [0.05, 0.1) is 24.2 Å². The van der Waals surface area contributed by atoms with Crippen molar-refractivity contribution in [1.29, 1.82) is 0 Å². The SMILES string of the molecule is COc1ccc([C@@H]2Sc3ccccc3N(CCN(C)C)C[C@@H]2O)cc1. The molecule has 3 rings (SSSR count). The number of benzene rings is 2. The number of methoxy groups -OCH3 is 1. The molecule has 0 fully saturated rings. The molecule has 0 aliphatic carbocycles. The summed E-state index contributed by atoms with van der Waals surface area (Å²) < 4.78 is 5.25. The summed E-state index contributed by atoms with van der Waals surface area (Å²) in [5.74, 6) is 0.838. The average Bonchev–Trinajstić information content (AvgIpc) is 2.77. The normalized spacial score (nSPS) is 20.3. The van der Waals surface area contributed by atoms with Crippen molar-refractivity contribution in [3.63, 3.8) is 0 Å². The fourth-order valence-electron chi connectivity index (χ4n) is 3.07. The Balaban J connectivity index is 1.89. The fourth-order valence-corrected chi connectivity index (χ4v) is 4.35. The van der Waals surface area contributed by atoms with E-state index in [1.54, 1.807) is 18.9 Å². The minimum absolute atomic E-state index is 0.0106. The van der Waals surface area contributed by atoms with Crippen molar-refractivity contribution in [2.75, 3.05) is 45.7 Å². The number of aliphatic hydroxyl groups is 1. The maximum Gasteiger partial charge on any atom is 0.118 e. The third kappa shape index (κ3) is 4.29. The predicted octanol–water partition coefficient (Wildman–Crippen LogP) is 3.27. The standard InChI is InChI=1S/C20H26N2O2S/c1-21(2)12-13-22-14-18(23)20(15-8-10-16(24-3)11-9-15)25-19-7-5-4-6-17(19)22/h4-11,18,20,23H,12-14H2,1-3H3/t18-,20-/m0/s1. The summed E-state index contributed by atoms with van der Waals surface area (Å²) in [6.07, 6.45) is -0.437. The first kappa shape index (κ1) is 18.1. The Morgan fingerprint density at radius 3 is 2.56 bits per heavy atom. The Morgan fingerprint density at radius 1 is 1.16 bits per heavy atom. The third-order valence-electron chi connectivity index (χ3n) is 4.48. The number of para-hydroxylation sites is 1. The summed E-state index contributed by atoms with van der Waals surface area (Å²) in [4.78, 5) is 5.70. The fraction of sp³-hybridized carbons (Fsp3) is 0.400. The highest BCUT2D eigenvalue weighted by Crippen LogP contribution is 2.45. The number of likely N-dealkylation sites (N-methyl/N-ethyl adjacent to an activating group) is 1. The van der Waals surface area contributed by atoms with Gasteiger partial charge in [-0.3, -0.25) is 0 Å². The van der Waals surface area contributed by atoms with Gasteiger partial charge in [-0.2, -0.15) is 0 Å². The van der Waals surface area contributed by atoms with Crippen LogP contribution in [-0.4, -0.2) is 56.9 Å². The Kier molecular flexibility index (Phi) is 5.89. The van der Waals surface area contributed by atoms with E-state index in [1.165, 1.54) is 10.6 Å². The van der Waals surface area contributed by atoms with E-state index in [0.717, 1.165) is 24.4 Å². The summed E-state index contributed by atoms with van der Waals surface area (Å²) >= 11 is 1.74. The van der Waals surface area contributed by atoms with Gasteiger partial charge in [-0.1, -0.05) is 24.3 Å². The number of β-amino-alcohol motifs (C(OH)–C–C–N with tert-alkyl or cyclic N) is 1. The van der Waals surface area contributed by atoms with E-state index in [-0.39, 0.29) is 5.25 Å². The van der Waals surface area contributed by atoms with Crippen LogP contribution in [0.5, 0.6) is 5.75 Å². The highest BCUT2D eigenvalue weighted by Gasteiger charge is 2.30. The molecule has 5 heteroatoms. The molecule has 25 heavy (non-hydrogen) atoms. The predicted molar refractivity (Wildman–Crippen MR) is 105 cm³/mol. The van der Waals surface area contributed by atoms with Crippen molar-refractivity contribution >= 4 is 17.4 Å². The number of hydrogen-bond acceptors (Lipinski definition) is 5. The van der Waals surface area contributed by atoms with Crippen LogP contribution in [-0.2, 0) is 0 Å². The first-order valence-corrected chi connectivity index (χ1v) is 9.44. The second-order valence-corrected chi connectivity index (χ2v) is 7.78. The lowest BCUT2D eigenvalue weighted by Gasteiger charge is -2.28. The molecular formula is C20H26N2O2S. The molecule has 0 unspecified atom stereocenters. The lowest BCUT2D eigenvalue weighted by atomic mass is 10.1. The van der Waals surface area contributed by atoms with Crippen molar-refractivity contribution < 1.29 is 9.84 Å². The number of anilines is 1. The summed E-state index contributed by atoms with van der Waals surface area (Å²) in [7, 11) is 5.83. The Labute approximate surface area is 154 Å². The molecule has 0 saturated heterocycles. The Morgan fingerprint density at radius 2 is 1.88 bits per heavy atom. The molecule has 2 aromatic carbocycles. The molecule has 1 aliphatic rings. The monoisotopic (exact) mass is 358 g/mol. The number of ether oxygens (including phenoxy) is 1. The molecule has 0 amide bonds. The average molecular weight is 359 g/mol. The molecule has 134 valence electrons. The van der Waals surface area contributed by atoms with Gasteiger partial charge in [0.25, 0.3) is 0 Å². The maximum absolute atomic E-state index is 10.9. The van der Waals surface area contributed by atoms with Crippen molar-refractivity contribution in [2.24, 2.45) is 0 Å². The van der Waals surface area contributed by atoms with Crippen LogP contribution in [0.1, 0.15) is 10.8 Å². The second kappa shape index (κ2) is 8.13. The van der Waals surface area contributed by atoms with Crippen LogP contribution in [0, 0.1) is 0 Å². The van der Waals surface area contributed by atoms with Crippen LogP contribution in [0.15, 0.2) is 53.4 Å². The minimum atomic E-state index is -0.437. The van der Waals surface area contributed by atoms with Gasteiger partial charge >= 0.3 is 0 Å². The van der Waals surface area contributed by atoms with Crippen LogP contribution in [0.4, 0.5) is 5.69 Å². The van der Waals surface area contributed by atoms with Crippen LogP contribution >= 0.6 is 11.8 Å². The van der Waals surface area contributed by atoms with Crippen molar-refractivity contribution in [3.05, 3.63) is 54.1 Å². The largest absolute Gasteiger partial charge is 0.497 e. The zero-order chi connectivity index (χ0) is 17.8. The first-order chi connectivity index (χ1) is 12.1. The molecule has 1 N–H and O–H groups in total. The van der Waals surface area contributed by atoms with E-state index < -0.39 is 6.10 Å². The summed E-state index contributed by atoms with van der Waals surface area (Å²) in [6.45, 7) is 2.49. The van der Waals surface area contributed by atoms with Crippen LogP contribution in [0.2, 0.25) is 0 Å².